The molecule has 0 spiro atoms. The molecule has 5 heteroatoms. The van der Waals surface area contributed by atoms with Gasteiger partial charge in [-0.2, -0.15) is 12.6 Å². The second-order valence-corrected chi connectivity index (χ2v) is 5.68. The molecule has 102 valence electrons. The van der Waals surface area contributed by atoms with E-state index in [1.807, 2.05) is 4.90 Å². The molecular weight excluding hydrogens is 248 g/mol. The Morgan fingerprint density at radius 3 is 2.61 bits per heavy atom. The molecule has 2 fully saturated rings. The number of likely N-dealkylation sites (tertiary alicyclic amines) is 1. The highest BCUT2D eigenvalue weighted by molar-refractivity contribution is 7.80. The number of nitrogens with zero attached hydrogens (tertiary/aromatic N) is 1. The SMILES string of the molecule is O=C(CCS)NC1CCC(N2CCCC2=O)CC1. The summed E-state index contributed by atoms with van der Waals surface area (Å²) in [5.74, 6) is 1.02. The second-order valence-electron chi connectivity index (χ2n) is 5.24. The van der Waals surface area contributed by atoms with Gasteiger partial charge in [-0.15, -0.1) is 0 Å². The molecule has 4 nitrogen and oxygen atoms in total. The summed E-state index contributed by atoms with van der Waals surface area (Å²) < 4.78 is 0. The van der Waals surface area contributed by atoms with Crippen molar-refractivity contribution in [1.82, 2.24) is 10.2 Å². The Balaban J connectivity index is 1.74. The Labute approximate surface area is 114 Å². The van der Waals surface area contributed by atoms with E-state index in [2.05, 4.69) is 17.9 Å². The van der Waals surface area contributed by atoms with Gasteiger partial charge in [-0.3, -0.25) is 9.59 Å². The van der Waals surface area contributed by atoms with E-state index < -0.39 is 0 Å². The number of hydrogen-bond acceptors (Lipinski definition) is 3. The van der Waals surface area contributed by atoms with Crippen molar-refractivity contribution in [3.05, 3.63) is 0 Å². The van der Waals surface area contributed by atoms with Crippen molar-refractivity contribution in [2.45, 2.75) is 57.0 Å². The number of rotatable bonds is 4. The van der Waals surface area contributed by atoms with Crippen LogP contribution in [0.5, 0.6) is 0 Å². The van der Waals surface area contributed by atoms with Gasteiger partial charge in [0.2, 0.25) is 11.8 Å². The first-order chi connectivity index (χ1) is 8.70. The van der Waals surface area contributed by atoms with Crippen molar-refractivity contribution in [3.63, 3.8) is 0 Å². The second kappa shape index (κ2) is 6.45. The molecule has 0 aromatic rings. The van der Waals surface area contributed by atoms with Crippen molar-refractivity contribution >= 4 is 24.4 Å². The predicted octanol–water partition coefficient (Wildman–Crippen LogP) is 1.36. The maximum atomic E-state index is 11.7. The highest BCUT2D eigenvalue weighted by atomic mass is 32.1. The van der Waals surface area contributed by atoms with Crippen molar-refractivity contribution in [2.75, 3.05) is 12.3 Å². The van der Waals surface area contributed by atoms with Crippen LogP contribution in [0.4, 0.5) is 0 Å². The van der Waals surface area contributed by atoms with Gasteiger partial charge in [0.15, 0.2) is 0 Å². The topological polar surface area (TPSA) is 49.4 Å². The van der Waals surface area contributed by atoms with Gasteiger partial charge in [0, 0.05) is 31.5 Å². The summed E-state index contributed by atoms with van der Waals surface area (Å²) in [6.07, 6.45) is 6.26. The lowest BCUT2D eigenvalue weighted by Crippen LogP contribution is -2.44. The van der Waals surface area contributed by atoms with Gasteiger partial charge in [-0.25, -0.2) is 0 Å². The quantitative estimate of drug-likeness (QED) is 0.758. The Morgan fingerprint density at radius 1 is 1.33 bits per heavy atom. The van der Waals surface area contributed by atoms with Crippen LogP contribution < -0.4 is 5.32 Å². The summed E-state index contributed by atoms with van der Waals surface area (Å²) >= 11 is 4.06. The van der Waals surface area contributed by atoms with Crippen LogP contribution in [-0.2, 0) is 9.59 Å². The molecule has 1 aliphatic carbocycles. The Bertz CT molecular complexity index is 314. The van der Waals surface area contributed by atoms with E-state index in [-0.39, 0.29) is 5.91 Å². The van der Waals surface area contributed by atoms with Gasteiger partial charge in [-0.1, -0.05) is 0 Å². The van der Waals surface area contributed by atoms with E-state index >= 15 is 0 Å². The molecule has 0 aromatic heterocycles. The van der Waals surface area contributed by atoms with E-state index in [9.17, 15) is 9.59 Å². The fraction of sp³-hybridized carbons (Fsp3) is 0.846. The third kappa shape index (κ3) is 3.40. The highest BCUT2D eigenvalue weighted by Crippen LogP contribution is 2.26. The Kier molecular flexibility index (Phi) is 4.92. The normalized spacial score (nSPS) is 28.5. The number of amides is 2. The molecule has 2 aliphatic rings. The number of carbonyl (C=O) groups excluding carboxylic acids is 2. The van der Waals surface area contributed by atoms with Gasteiger partial charge in [0.1, 0.15) is 0 Å². The van der Waals surface area contributed by atoms with E-state index in [4.69, 9.17) is 0 Å². The molecule has 0 bridgehead atoms. The Hall–Kier alpha value is -0.710. The highest BCUT2D eigenvalue weighted by Gasteiger charge is 2.31. The molecule has 1 saturated carbocycles. The maximum absolute atomic E-state index is 11.7. The van der Waals surface area contributed by atoms with Gasteiger partial charge in [0.05, 0.1) is 0 Å². The van der Waals surface area contributed by atoms with Crippen molar-refractivity contribution < 1.29 is 9.59 Å². The van der Waals surface area contributed by atoms with Crippen molar-refractivity contribution in [2.24, 2.45) is 0 Å². The number of nitrogens with one attached hydrogen (secondary N) is 1. The zero-order chi connectivity index (χ0) is 13.0. The van der Waals surface area contributed by atoms with Crippen LogP contribution in [0.2, 0.25) is 0 Å². The van der Waals surface area contributed by atoms with Crippen LogP contribution in [0.3, 0.4) is 0 Å². The molecular formula is C13H22N2O2S. The molecule has 0 radical (unpaired) electrons. The molecule has 1 heterocycles. The summed E-state index contributed by atoms with van der Waals surface area (Å²) in [7, 11) is 0. The minimum Gasteiger partial charge on any atom is -0.353 e. The van der Waals surface area contributed by atoms with Gasteiger partial charge in [-0.05, 0) is 37.9 Å². The molecule has 1 N–H and O–H groups in total. The average molecular weight is 270 g/mol. The van der Waals surface area contributed by atoms with E-state index in [0.717, 1.165) is 45.1 Å². The van der Waals surface area contributed by atoms with Gasteiger partial charge < -0.3 is 10.2 Å². The molecule has 0 aromatic carbocycles. The lowest BCUT2D eigenvalue weighted by molar-refractivity contribution is -0.130. The molecule has 0 unspecified atom stereocenters. The molecule has 1 saturated heterocycles. The van der Waals surface area contributed by atoms with Crippen LogP contribution in [0.25, 0.3) is 0 Å². The first kappa shape index (κ1) is 13.7. The minimum atomic E-state index is 0.102. The summed E-state index contributed by atoms with van der Waals surface area (Å²) in [5.41, 5.74) is 0. The van der Waals surface area contributed by atoms with Crippen LogP contribution >= 0.6 is 12.6 Å². The molecule has 18 heavy (non-hydrogen) atoms. The third-order valence-electron chi connectivity index (χ3n) is 3.95. The van der Waals surface area contributed by atoms with E-state index in [0.29, 0.717) is 30.2 Å². The minimum absolute atomic E-state index is 0.102. The smallest absolute Gasteiger partial charge is 0.222 e. The first-order valence-corrected chi connectivity index (χ1v) is 7.53. The van der Waals surface area contributed by atoms with Crippen LogP contribution in [0, 0.1) is 0 Å². The summed E-state index contributed by atoms with van der Waals surface area (Å²) in [4.78, 5) is 25.2. The molecule has 0 atom stereocenters. The summed E-state index contributed by atoms with van der Waals surface area (Å²) in [5, 5.41) is 3.05. The van der Waals surface area contributed by atoms with Crippen molar-refractivity contribution in [1.29, 1.82) is 0 Å². The lowest BCUT2D eigenvalue weighted by Gasteiger charge is -2.34. The molecule has 2 amide bonds. The van der Waals surface area contributed by atoms with Crippen molar-refractivity contribution in [3.8, 4) is 0 Å². The average Bonchev–Trinajstić information content (AvgIpc) is 2.77. The largest absolute Gasteiger partial charge is 0.353 e. The number of hydrogen-bond donors (Lipinski definition) is 2. The van der Waals surface area contributed by atoms with Gasteiger partial charge >= 0.3 is 0 Å². The predicted molar refractivity (Wildman–Crippen MR) is 73.6 cm³/mol. The zero-order valence-electron chi connectivity index (χ0n) is 10.7. The lowest BCUT2D eigenvalue weighted by atomic mass is 9.90. The standard InChI is InChI=1S/C13H22N2O2S/c16-12(7-9-18)14-10-3-5-11(6-4-10)15-8-1-2-13(15)17/h10-11,18H,1-9H2,(H,14,16). The number of carbonyl (C=O) groups is 2. The monoisotopic (exact) mass is 270 g/mol. The van der Waals surface area contributed by atoms with E-state index in [1.165, 1.54) is 0 Å². The number of thiol groups is 1. The zero-order valence-corrected chi connectivity index (χ0v) is 11.6. The fourth-order valence-corrected chi connectivity index (χ4v) is 3.19. The molecule has 1 aliphatic heterocycles. The first-order valence-electron chi connectivity index (χ1n) is 6.90. The van der Waals surface area contributed by atoms with Gasteiger partial charge in [0.25, 0.3) is 0 Å². The summed E-state index contributed by atoms with van der Waals surface area (Å²) in [6, 6.07) is 0.712. The third-order valence-corrected chi connectivity index (χ3v) is 4.18. The van der Waals surface area contributed by atoms with Crippen LogP contribution in [-0.4, -0.2) is 41.1 Å². The Morgan fingerprint density at radius 2 is 2.06 bits per heavy atom. The fourth-order valence-electron chi connectivity index (χ4n) is 2.99. The maximum Gasteiger partial charge on any atom is 0.222 e. The molecule has 2 rings (SSSR count). The van der Waals surface area contributed by atoms with Crippen LogP contribution in [0.15, 0.2) is 0 Å². The summed E-state index contributed by atoms with van der Waals surface area (Å²) in [6.45, 7) is 0.931. The van der Waals surface area contributed by atoms with E-state index in [1.54, 1.807) is 0 Å². The van der Waals surface area contributed by atoms with Crippen LogP contribution in [0.1, 0.15) is 44.9 Å².